The van der Waals surface area contributed by atoms with Crippen LogP contribution in [0.25, 0.3) is 22.6 Å². The van der Waals surface area contributed by atoms with Gasteiger partial charge in [0.2, 0.25) is 11.8 Å². The third-order valence-electron chi connectivity index (χ3n) is 3.22. The fourth-order valence-corrected chi connectivity index (χ4v) is 2.61. The minimum Gasteiger partial charge on any atom is -0.436 e. The van der Waals surface area contributed by atoms with Gasteiger partial charge in [-0.1, -0.05) is 13.8 Å². The van der Waals surface area contributed by atoms with Gasteiger partial charge in [-0.15, -0.1) is 0 Å². The zero-order chi connectivity index (χ0) is 16.4. The molecule has 1 amide bonds. The van der Waals surface area contributed by atoms with E-state index in [0.717, 1.165) is 15.7 Å². The van der Waals surface area contributed by atoms with Gasteiger partial charge in [0.25, 0.3) is 0 Å². The van der Waals surface area contributed by atoms with Crippen molar-refractivity contribution in [2.24, 2.45) is 5.92 Å². The van der Waals surface area contributed by atoms with E-state index in [-0.39, 0.29) is 5.91 Å². The maximum atomic E-state index is 11.9. The van der Waals surface area contributed by atoms with E-state index in [9.17, 15) is 4.79 Å². The molecular weight excluding hydrogens is 358 g/mol. The molecule has 0 aliphatic heterocycles. The van der Waals surface area contributed by atoms with Crippen LogP contribution in [0.15, 0.2) is 45.5 Å². The highest BCUT2D eigenvalue weighted by molar-refractivity contribution is 9.10. The average molecular weight is 374 g/mol. The smallest absolute Gasteiger partial charge is 0.228 e. The summed E-state index contributed by atoms with van der Waals surface area (Å²) in [4.78, 5) is 20.4. The molecule has 0 atom stereocenters. The first kappa shape index (κ1) is 15.7. The van der Waals surface area contributed by atoms with Gasteiger partial charge >= 0.3 is 0 Å². The molecule has 0 radical (unpaired) electrons. The van der Waals surface area contributed by atoms with Crippen LogP contribution in [0.1, 0.15) is 20.3 Å². The molecule has 0 saturated carbocycles. The maximum absolute atomic E-state index is 11.9. The summed E-state index contributed by atoms with van der Waals surface area (Å²) >= 11 is 3.38. The molecule has 6 heteroatoms. The van der Waals surface area contributed by atoms with Crippen molar-refractivity contribution in [1.29, 1.82) is 0 Å². The molecule has 0 aliphatic rings. The monoisotopic (exact) mass is 373 g/mol. The molecular formula is C17H16BrN3O2. The number of nitrogens with one attached hydrogen (secondary N) is 1. The van der Waals surface area contributed by atoms with Crippen molar-refractivity contribution >= 4 is 38.6 Å². The third kappa shape index (κ3) is 3.76. The number of pyridine rings is 1. The number of oxazole rings is 1. The van der Waals surface area contributed by atoms with Crippen LogP contribution in [-0.4, -0.2) is 15.9 Å². The summed E-state index contributed by atoms with van der Waals surface area (Å²) in [6, 6.07) is 7.33. The van der Waals surface area contributed by atoms with E-state index in [4.69, 9.17) is 4.42 Å². The zero-order valence-corrected chi connectivity index (χ0v) is 14.4. The number of carbonyl (C=O) groups is 1. The number of benzene rings is 1. The Hall–Kier alpha value is -2.21. The lowest BCUT2D eigenvalue weighted by Crippen LogP contribution is -2.13. The summed E-state index contributed by atoms with van der Waals surface area (Å²) in [5.74, 6) is 0.820. The predicted octanol–water partition coefficient (Wildman–Crippen LogP) is 4.64. The Kier molecular flexibility index (Phi) is 4.43. The summed E-state index contributed by atoms with van der Waals surface area (Å²) in [5, 5.41) is 2.88. The minimum absolute atomic E-state index is 0.000687. The van der Waals surface area contributed by atoms with Gasteiger partial charge in [0.15, 0.2) is 5.58 Å². The van der Waals surface area contributed by atoms with Gasteiger partial charge in [-0.05, 0) is 46.1 Å². The molecule has 0 aliphatic carbocycles. The number of nitrogens with zero attached hydrogens (tertiary/aromatic N) is 2. The van der Waals surface area contributed by atoms with Crippen molar-refractivity contribution in [3.05, 3.63) is 41.1 Å². The molecule has 0 spiro atoms. The second-order valence-electron chi connectivity index (χ2n) is 5.74. The van der Waals surface area contributed by atoms with Crippen LogP contribution >= 0.6 is 15.9 Å². The van der Waals surface area contributed by atoms with Crippen LogP contribution in [0.5, 0.6) is 0 Å². The van der Waals surface area contributed by atoms with E-state index < -0.39 is 0 Å². The standard InChI is InChI=1S/C17H16BrN3O2/c1-10(2)5-16(22)20-13-3-4-15-14(7-13)21-17(23-15)11-6-12(18)9-19-8-11/h3-4,6-10H,5H2,1-2H3,(H,20,22). The number of hydrogen-bond donors (Lipinski definition) is 1. The van der Waals surface area contributed by atoms with Crippen molar-refractivity contribution in [2.75, 3.05) is 5.32 Å². The molecule has 1 aromatic carbocycles. The number of halogens is 1. The van der Waals surface area contributed by atoms with E-state index in [2.05, 4.69) is 31.2 Å². The Morgan fingerprint density at radius 1 is 1.30 bits per heavy atom. The highest BCUT2D eigenvalue weighted by atomic mass is 79.9. The van der Waals surface area contributed by atoms with Crippen molar-refractivity contribution < 1.29 is 9.21 Å². The molecule has 3 rings (SSSR count). The zero-order valence-electron chi connectivity index (χ0n) is 12.8. The number of carbonyl (C=O) groups excluding carboxylic acids is 1. The molecule has 0 fully saturated rings. The predicted molar refractivity (Wildman–Crippen MR) is 93.0 cm³/mol. The first-order valence-electron chi connectivity index (χ1n) is 7.32. The van der Waals surface area contributed by atoms with Gasteiger partial charge in [0.1, 0.15) is 5.52 Å². The summed E-state index contributed by atoms with van der Waals surface area (Å²) < 4.78 is 6.61. The molecule has 118 valence electrons. The van der Waals surface area contributed by atoms with E-state index in [1.807, 2.05) is 38.1 Å². The van der Waals surface area contributed by atoms with Crippen molar-refractivity contribution in [3.63, 3.8) is 0 Å². The molecule has 1 N–H and O–H groups in total. The fraction of sp³-hybridized carbons (Fsp3) is 0.235. The Bertz CT molecular complexity index is 858. The highest BCUT2D eigenvalue weighted by Gasteiger charge is 2.11. The first-order valence-corrected chi connectivity index (χ1v) is 8.12. The summed E-state index contributed by atoms with van der Waals surface area (Å²) in [5.41, 5.74) is 2.88. The van der Waals surface area contributed by atoms with Gasteiger partial charge in [-0.25, -0.2) is 4.98 Å². The van der Waals surface area contributed by atoms with Crippen molar-refractivity contribution in [2.45, 2.75) is 20.3 Å². The quantitative estimate of drug-likeness (QED) is 0.723. The van der Waals surface area contributed by atoms with Crippen LogP contribution in [0.3, 0.4) is 0 Å². The number of rotatable bonds is 4. The molecule has 2 aromatic heterocycles. The van der Waals surface area contributed by atoms with Crippen LogP contribution in [0.2, 0.25) is 0 Å². The van der Waals surface area contributed by atoms with Crippen molar-refractivity contribution in [1.82, 2.24) is 9.97 Å². The number of fused-ring (bicyclic) bond motifs is 1. The highest BCUT2D eigenvalue weighted by Crippen LogP contribution is 2.27. The Morgan fingerprint density at radius 2 is 2.13 bits per heavy atom. The summed E-state index contributed by atoms with van der Waals surface area (Å²) in [6.45, 7) is 4.03. The first-order chi connectivity index (χ1) is 11.0. The normalized spacial score (nSPS) is 11.1. The Morgan fingerprint density at radius 3 is 2.87 bits per heavy atom. The molecule has 23 heavy (non-hydrogen) atoms. The second-order valence-corrected chi connectivity index (χ2v) is 6.66. The largest absolute Gasteiger partial charge is 0.436 e. The van der Waals surface area contributed by atoms with E-state index in [1.165, 1.54) is 0 Å². The fourth-order valence-electron chi connectivity index (χ4n) is 2.24. The van der Waals surface area contributed by atoms with Crippen LogP contribution in [0, 0.1) is 5.92 Å². The molecule has 2 heterocycles. The molecule has 5 nitrogen and oxygen atoms in total. The Labute approximate surface area is 142 Å². The number of amides is 1. The van der Waals surface area contributed by atoms with Crippen LogP contribution in [0.4, 0.5) is 5.69 Å². The lowest BCUT2D eigenvalue weighted by molar-refractivity contribution is -0.116. The Balaban J connectivity index is 1.87. The lowest BCUT2D eigenvalue weighted by atomic mass is 10.1. The van der Waals surface area contributed by atoms with Crippen LogP contribution in [-0.2, 0) is 4.79 Å². The van der Waals surface area contributed by atoms with Crippen LogP contribution < -0.4 is 5.32 Å². The average Bonchev–Trinajstić information content (AvgIpc) is 2.89. The van der Waals surface area contributed by atoms with E-state index in [1.54, 1.807) is 12.4 Å². The maximum Gasteiger partial charge on any atom is 0.228 e. The van der Waals surface area contributed by atoms with Crippen molar-refractivity contribution in [3.8, 4) is 11.5 Å². The van der Waals surface area contributed by atoms with E-state index in [0.29, 0.717) is 29.3 Å². The number of hydrogen-bond acceptors (Lipinski definition) is 4. The lowest BCUT2D eigenvalue weighted by Gasteiger charge is -2.06. The van der Waals surface area contributed by atoms with Gasteiger partial charge in [-0.3, -0.25) is 9.78 Å². The van der Waals surface area contributed by atoms with E-state index >= 15 is 0 Å². The number of anilines is 1. The topological polar surface area (TPSA) is 68.0 Å². The van der Waals surface area contributed by atoms with Gasteiger partial charge in [0, 0.05) is 29.0 Å². The minimum atomic E-state index is -0.000687. The molecule has 3 aromatic rings. The van der Waals surface area contributed by atoms with Gasteiger partial charge in [-0.2, -0.15) is 0 Å². The summed E-state index contributed by atoms with van der Waals surface area (Å²) in [6.07, 6.45) is 3.89. The van der Waals surface area contributed by atoms with Gasteiger partial charge in [0.05, 0.1) is 5.56 Å². The number of aromatic nitrogens is 2. The molecule has 0 unspecified atom stereocenters. The molecule has 0 bridgehead atoms. The molecule has 0 saturated heterocycles. The van der Waals surface area contributed by atoms with Gasteiger partial charge < -0.3 is 9.73 Å². The third-order valence-corrected chi connectivity index (χ3v) is 3.65. The SMILES string of the molecule is CC(C)CC(=O)Nc1ccc2oc(-c3cncc(Br)c3)nc2c1. The second kappa shape index (κ2) is 6.50. The summed E-state index contributed by atoms with van der Waals surface area (Å²) in [7, 11) is 0.